The van der Waals surface area contributed by atoms with E-state index in [0.29, 0.717) is 0 Å². The fraction of sp³-hybridized carbons (Fsp3) is 1.00. The molecule has 6 heteroatoms. The van der Waals surface area contributed by atoms with Crippen LogP contribution in [0.3, 0.4) is 0 Å². The van der Waals surface area contributed by atoms with Crippen molar-refractivity contribution >= 4 is 0 Å². The molecule has 2 unspecified atom stereocenters. The molecule has 152 valence electrons. The molecule has 0 aromatic heterocycles. The molecular formula is C20H42N6. The fourth-order valence-electron chi connectivity index (χ4n) is 4.84. The zero-order valence-electron chi connectivity index (χ0n) is 18.1. The number of piperazine rings is 3. The van der Waals surface area contributed by atoms with Crippen LogP contribution in [0.1, 0.15) is 20.3 Å². The molecule has 0 amide bonds. The summed E-state index contributed by atoms with van der Waals surface area (Å²) in [5.74, 6) is 0. The molecule has 4 rings (SSSR count). The third-order valence-electron chi connectivity index (χ3n) is 7.21. The molecule has 4 atom stereocenters. The normalized spacial score (nSPS) is 38.5. The summed E-state index contributed by atoms with van der Waals surface area (Å²) < 4.78 is 0. The Morgan fingerprint density at radius 2 is 1.23 bits per heavy atom. The molecule has 2 bridgehead atoms. The van der Waals surface area contributed by atoms with Crippen molar-refractivity contribution in [3.8, 4) is 0 Å². The number of likely N-dealkylation sites (N-methyl/N-ethyl adjacent to an activating group) is 4. The molecule has 6 nitrogen and oxygen atoms in total. The predicted molar refractivity (Wildman–Crippen MR) is 110 cm³/mol. The summed E-state index contributed by atoms with van der Waals surface area (Å²) in [6, 6.07) is 3.13. The number of rotatable bonds is 2. The van der Waals surface area contributed by atoms with Gasteiger partial charge in [0.2, 0.25) is 0 Å². The first-order valence-corrected chi connectivity index (χ1v) is 10.6. The number of hydrogen-bond acceptors (Lipinski definition) is 6. The molecule has 0 spiro atoms. The van der Waals surface area contributed by atoms with Crippen molar-refractivity contribution in [3.05, 3.63) is 0 Å². The number of nitrogens with zero attached hydrogens (tertiary/aromatic N) is 6. The van der Waals surface area contributed by atoms with E-state index in [1.807, 2.05) is 0 Å². The van der Waals surface area contributed by atoms with Gasteiger partial charge in [-0.3, -0.25) is 9.80 Å². The van der Waals surface area contributed by atoms with Gasteiger partial charge in [-0.05, 0) is 48.5 Å². The standard InChI is InChI=1S/C12H24N4.C8H18N2/c1-13-3-5-15(6-4-13)10-16-9-11-7-12(16)8-14(11)2;1-7-5-10(4)8(2)6-9(7)3/h11-12H,3-10H2,1-2H3;7-8H,5-6H2,1-4H3/t;7-,8+. The van der Waals surface area contributed by atoms with Crippen LogP contribution in [0.15, 0.2) is 0 Å². The smallest absolute Gasteiger partial charge is 0.0511 e. The Morgan fingerprint density at radius 1 is 0.654 bits per heavy atom. The van der Waals surface area contributed by atoms with E-state index in [9.17, 15) is 0 Å². The third-order valence-corrected chi connectivity index (χ3v) is 7.21. The minimum Gasteiger partial charge on any atom is -0.304 e. The molecule has 4 aliphatic heterocycles. The lowest BCUT2D eigenvalue weighted by Gasteiger charge is -2.40. The van der Waals surface area contributed by atoms with Gasteiger partial charge >= 0.3 is 0 Å². The van der Waals surface area contributed by atoms with Crippen LogP contribution in [-0.2, 0) is 0 Å². The number of fused-ring (bicyclic) bond motifs is 2. The topological polar surface area (TPSA) is 19.4 Å². The summed E-state index contributed by atoms with van der Waals surface area (Å²) in [5.41, 5.74) is 0. The molecule has 0 N–H and O–H groups in total. The Morgan fingerprint density at radius 3 is 1.69 bits per heavy atom. The Hall–Kier alpha value is -0.240. The fourth-order valence-corrected chi connectivity index (χ4v) is 4.84. The minimum absolute atomic E-state index is 0.723. The molecule has 0 aromatic rings. The molecule has 0 aromatic carbocycles. The highest BCUT2D eigenvalue weighted by atomic mass is 15.4. The van der Waals surface area contributed by atoms with E-state index < -0.39 is 0 Å². The van der Waals surface area contributed by atoms with Gasteiger partial charge in [0, 0.05) is 76.5 Å². The molecule has 4 saturated heterocycles. The summed E-state index contributed by atoms with van der Waals surface area (Å²) in [4.78, 5) is 15.1. The summed E-state index contributed by atoms with van der Waals surface area (Å²) in [6.45, 7) is 15.7. The lowest BCUT2D eigenvalue weighted by atomic mass is 10.1. The Kier molecular flexibility index (Phi) is 6.97. The van der Waals surface area contributed by atoms with Crippen LogP contribution in [0.5, 0.6) is 0 Å². The van der Waals surface area contributed by atoms with Gasteiger partial charge in [0.1, 0.15) is 0 Å². The van der Waals surface area contributed by atoms with Crippen molar-refractivity contribution in [2.45, 2.75) is 44.4 Å². The number of likely N-dealkylation sites (tertiary alicyclic amines) is 2. The lowest BCUT2D eigenvalue weighted by molar-refractivity contribution is 0.0525. The van der Waals surface area contributed by atoms with E-state index in [2.05, 4.69) is 71.4 Å². The van der Waals surface area contributed by atoms with E-state index in [1.165, 1.54) is 65.4 Å². The summed E-state index contributed by atoms with van der Waals surface area (Å²) in [5, 5.41) is 0. The van der Waals surface area contributed by atoms with Crippen LogP contribution in [0, 0.1) is 0 Å². The Labute approximate surface area is 161 Å². The highest BCUT2D eigenvalue weighted by Gasteiger charge is 2.41. The zero-order chi connectivity index (χ0) is 18.8. The maximum absolute atomic E-state index is 2.70. The average Bonchev–Trinajstić information content (AvgIpc) is 3.15. The van der Waals surface area contributed by atoms with Gasteiger partial charge in [0.15, 0.2) is 0 Å². The van der Waals surface area contributed by atoms with E-state index in [0.717, 1.165) is 24.2 Å². The molecule has 4 fully saturated rings. The van der Waals surface area contributed by atoms with Crippen LogP contribution in [0.25, 0.3) is 0 Å². The predicted octanol–water partition coefficient (Wildman–Crippen LogP) is 0.220. The molecular weight excluding hydrogens is 324 g/mol. The van der Waals surface area contributed by atoms with Crippen molar-refractivity contribution in [2.24, 2.45) is 0 Å². The van der Waals surface area contributed by atoms with E-state index in [4.69, 9.17) is 0 Å². The Bertz CT molecular complexity index is 410. The van der Waals surface area contributed by atoms with E-state index >= 15 is 0 Å². The average molecular weight is 367 g/mol. The van der Waals surface area contributed by atoms with Gasteiger partial charge in [0.05, 0.1) is 6.67 Å². The van der Waals surface area contributed by atoms with Crippen molar-refractivity contribution < 1.29 is 0 Å². The molecule has 0 aliphatic carbocycles. The first-order chi connectivity index (χ1) is 12.3. The summed E-state index contributed by atoms with van der Waals surface area (Å²) in [6.07, 6.45) is 1.41. The van der Waals surface area contributed by atoms with Gasteiger partial charge in [-0.15, -0.1) is 0 Å². The van der Waals surface area contributed by atoms with Gasteiger partial charge in [-0.2, -0.15) is 0 Å². The van der Waals surface area contributed by atoms with Crippen LogP contribution < -0.4 is 0 Å². The second-order valence-electron chi connectivity index (χ2n) is 9.39. The largest absolute Gasteiger partial charge is 0.304 e. The Balaban J connectivity index is 0.000000170. The van der Waals surface area contributed by atoms with E-state index in [1.54, 1.807) is 0 Å². The van der Waals surface area contributed by atoms with Crippen molar-refractivity contribution in [1.82, 2.24) is 29.4 Å². The second kappa shape index (κ2) is 8.84. The summed E-state index contributed by atoms with van der Waals surface area (Å²) >= 11 is 0. The van der Waals surface area contributed by atoms with Crippen LogP contribution in [0.4, 0.5) is 0 Å². The highest BCUT2D eigenvalue weighted by molar-refractivity contribution is 4.98. The van der Waals surface area contributed by atoms with Gasteiger partial charge in [0.25, 0.3) is 0 Å². The molecule has 0 radical (unpaired) electrons. The van der Waals surface area contributed by atoms with Crippen molar-refractivity contribution in [3.63, 3.8) is 0 Å². The van der Waals surface area contributed by atoms with Crippen LogP contribution in [0.2, 0.25) is 0 Å². The van der Waals surface area contributed by atoms with Crippen molar-refractivity contribution in [1.29, 1.82) is 0 Å². The van der Waals surface area contributed by atoms with E-state index in [-0.39, 0.29) is 0 Å². The summed E-state index contributed by atoms with van der Waals surface area (Å²) in [7, 11) is 8.91. The maximum Gasteiger partial charge on any atom is 0.0511 e. The van der Waals surface area contributed by atoms with Crippen LogP contribution in [-0.4, -0.2) is 141 Å². The monoisotopic (exact) mass is 366 g/mol. The quantitative estimate of drug-likeness (QED) is 0.691. The third kappa shape index (κ3) is 4.97. The molecule has 26 heavy (non-hydrogen) atoms. The van der Waals surface area contributed by atoms with Gasteiger partial charge in [-0.25, -0.2) is 0 Å². The SMILES string of the molecule is CN1CCN(CN2CC3CC2CN3C)CC1.C[C@@H]1CN(C)[C@@H](C)CN1C. The first kappa shape index (κ1) is 20.5. The van der Waals surface area contributed by atoms with Crippen LogP contribution >= 0.6 is 0 Å². The second-order valence-corrected chi connectivity index (χ2v) is 9.39. The highest BCUT2D eigenvalue weighted by Crippen LogP contribution is 2.29. The number of hydrogen-bond donors (Lipinski definition) is 0. The molecule has 4 heterocycles. The van der Waals surface area contributed by atoms with Crippen molar-refractivity contribution in [2.75, 3.05) is 87.2 Å². The lowest BCUT2D eigenvalue weighted by Crippen LogP contribution is -2.53. The minimum atomic E-state index is 0.723. The first-order valence-electron chi connectivity index (χ1n) is 10.6. The molecule has 0 saturated carbocycles. The molecule has 4 aliphatic rings. The maximum atomic E-state index is 2.70. The van der Waals surface area contributed by atoms with Gasteiger partial charge in [-0.1, -0.05) is 0 Å². The van der Waals surface area contributed by atoms with Gasteiger partial charge < -0.3 is 19.6 Å². The zero-order valence-corrected chi connectivity index (χ0v) is 18.1.